The van der Waals surface area contributed by atoms with Gasteiger partial charge in [0.05, 0.1) is 27.5 Å². The molecule has 0 aliphatic heterocycles. The molecule has 0 fully saturated rings. The van der Waals surface area contributed by atoms with E-state index in [1.165, 1.54) is 27.5 Å². The standard InChI is InChI=1S/C18H21N3O4.ClH/c1-23-15-8-13(9-16(24-2)17(15)25-3)11-20-21-18(22)14-6-4-12(10-19)5-7-14;/h4-9,11H,10,19H2,1-3H3,(H,21,22);1H. The van der Waals surface area contributed by atoms with Crippen LogP contribution in [0.25, 0.3) is 0 Å². The fraction of sp³-hybridized carbons (Fsp3) is 0.222. The Morgan fingerprint density at radius 2 is 1.65 bits per heavy atom. The molecule has 0 saturated heterocycles. The zero-order valence-electron chi connectivity index (χ0n) is 14.8. The lowest BCUT2D eigenvalue weighted by Crippen LogP contribution is -2.17. The summed E-state index contributed by atoms with van der Waals surface area (Å²) >= 11 is 0. The number of hydrazone groups is 1. The molecule has 0 aliphatic carbocycles. The number of rotatable bonds is 7. The SMILES string of the molecule is COc1cc(C=NNC(=O)c2ccc(CN)cc2)cc(OC)c1OC.Cl. The van der Waals surface area contributed by atoms with Crippen molar-refractivity contribution in [3.05, 3.63) is 53.1 Å². The second-order valence-corrected chi connectivity index (χ2v) is 5.06. The quantitative estimate of drug-likeness (QED) is 0.568. The molecule has 140 valence electrons. The van der Waals surface area contributed by atoms with E-state index in [4.69, 9.17) is 19.9 Å². The van der Waals surface area contributed by atoms with Crippen LogP contribution in [0.1, 0.15) is 21.5 Å². The highest BCUT2D eigenvalue weighted by atomic mass is 35.5. The van der Waals surface area contributed by atoms with Crippen LogP contribution < -0.4 is 25.4 Å². The minimum Gasteiger partial charge on any atom is -0.493 e. The first-order chi connectivity index (χ1) is 12.1. The van der Waals surface area contributed by atoms with E-state index in [0.29, 0.717) is 34.9 Å². The molecular weight excluding hydrogens is 358 g/mol. The van der Waals surface area contributed by atoms with Crippen molar-refractivity contribution in [2.75, 3.05) is 21.3 Å². The number of ether oxygens (including phenoxy) is 3. The summed E-state index contributed by atoms with van der Waals surface area (Å²) in [5.41, 5.74) is 10.2. The summed E-state index contributed by atoms with van der Waals surface area (Å²) in [6.07, 6.45) is 1.50. The second-order valence-electron chi connectivity index (χ2n) is 5.06. The number of carbonyl (C=O) groups excluding carboxylic acids is 1. The van der Waals surface area contributed by atoms with Gasteiger partial charge in [-0.2, -0.15) is 5.10 Å². The first-order valence-corrected chi connectivity index (χ1v) is 7.55. The molecule has 3 N–H and O–H groups in total. The molecule has 1 amide bonds. The Hall–Kier alpha value is -2.77. The van der Waals surface area contributed by atoms with Crippen LogP contribution >= 0.6 is 12.4 Å². The Bertz CT molecular complexity index is 739. The number of benzene rings is 2. The van der Waals surface area contributed by atoms with Gasteiger partial charge in [-0.1, -0.05) is 12.1 Å². The Morgan fingerprint density at radius 1 is 1.08 bits per heavy atom. The van der Waals surface area contributed by atoms with Crippen LogP contribution in [0.3, 0.4) is 0 Å². The third-order valence-corrected chi connectivity index (χ3v) is 3.52. The number of nitrogens with zero attached hydrogens (tertiary/aromatic N) is 1. The van der Waals surface area contributed by atoms with Crippen LogP contribution in [0.5, 0.6) is 17.2 Å². The van der Waals surface area contributed by atoms with Crippen LogP contribution in [0.15, 0.2) is 41.5 Å². The zero-order chi connectivity index (χ0) is 18.2. The van der Waals surface area contributed by atoms with Gasteiger partial charge in [-0.25, -0.2) is 5.43 Å². The van der Waals surface area contributed by atoms with E-state index in [-0.39, 0.29) is 18.3 Å². The van der Waals surface area contributed by atoms with E-state index in [9.17, 15) is 4.79 Å². The van der Waals surface area contributed by atoms with Gasteiger partial charge in [0.25, 0.3) is 5.91 Å². The molecule has 2 rings (SSSR count). The van der Waals surface area contributed by atoms with Gasteiger partial charge in [0.15, 0.2) is 11.5 Å². The van der Waals surface area contributed by atoms with E-state index in [1.54, 1.807) is 36.4 Å². The van der Waals surface area contributed by atoms with Gasteiger partial charge < -0.3 is 19.9 Å². The molecule has 0 aliphatic rings. The van der Waals surface area contributed by atoms with E-state index in [2.05, 4.69) is 10.5 Å². The van der Waals surface area contributed by atoms with Crippen molar-refractivity contribution in [2.45, 2.75) is 6.54 Å². The van der Waals surface area contributed by atoms with Crippen LogP contribution in [0.2, 0.25) is 0 Å². The van der Waals surface area contributed by atoms with Crippen molar-refractivity contribution in [1.82, 2.24) is 5.43 Å². The molecule has 8 heteroatoms. The molecule has 0 aromatic heterocycles. The zero-order valence-corrected chi connectivity index (χ0v) is 15.6. The summed E-state index contributed by atoms with van der Waals surface area (Å²) in [7, 11) is 4.60. The predicted molar refractivity (Wildman–Crippen MR) is 103 cm³/mol. The van der Waals surface area contributed by atoms with Crippen molar-refractivity contribution in [3.63, 3.8) is 0 Å². The topological polar surface area (TPSA) is 95.2 Å². The summed E-state index contributed by atoms with van der Waals surface area (Å²) in [6, 6.07) is 10.5. The maximum absolute atomic E-state index is 12.1. The number of hydrogen-bond donors (Lipinski definition) is 2. The fourth-order valence-electron chi connectivity index (χ4n) is 2.20. The van der Waals surface area contributed by atoms with E-state index < -0.39 is 0 Å². The minimum atomic E-state index is -0.313. The Kier molecular flexibility index (Phi) is 8.41. The summed E-state index contributed by atoms with van der Waals surface area (Å²) in [4.78, 5) is 12.1. The number of nitrogens with one attached hydrogen (secondary N) is 1. The molecule has 0 bridgehead atoms. The lowest BCUT2D eigenvalue weighted by atomic mass is 10.1. The van der Waals surface area contributed by atoms with Gasteiger partial charge in [-0.05, 0) is 29.8 Å². The third kappa shape index (κ3) is 5.11. The molecule has 0 heterocycles. The van der Waals surface area contributed by atoms with Gasteiger partial charge in [0.1, 0.15) is 0 Å². The van der Waals surface area contributed by atoms with Crippen molar-refractivity contribution in [3.8, 4) is 17.2 Å². The number of nitrogens with two attached hydrogens (primary N) is 1. The van der Waals surface area contributed by atoms with Crippen LogP contribution in [-0.4, -0.2) is 33.5 Å². The normalized spacial score (nSPS) is 10.2. The van der Waals surface area contributed by atoms with Gasteiger partial charge >= 0.3 is 0 Å². The molecule has 2 aromatic carbocycles. The smallest absolute Gasteiger partial charge is 0.271 e. The van der Waals surface area contributed by atoms with E-state index in [1.807, 2.05) is 0 Å². The van der Waals surface area contributed by atoms with Crippen LogP contribution in [0, 0.1) is 0 Å². The van der Waals surface area contributed by atoms with E-state index in [0.717, 1.165) is 5.56 Å². The second kappa shape index (κ2) is 10.3. The molecule has 0 atom stereocenters. The lowest BCUT2D eigenvalue weighted by molar-refractivity contribution is 0.0955. The summed E-state index contributed by atoms with van der Waals surface area (Å²) in [6.45, 7) is 0.432. The van der Waals surface area contributed by atoms with Crippen LogP contribution in [0.4, 0.5) is 0 Å². The molecule has 0 radical (unpaired) electrons. The van der Waals surface area contributed by atoms with Gasteiger partial charge in [0.2, 0.25) is 5.75 Å². The predicted octanol–water partition coefficient (Wildman–Crippen LogP) is 2.36. The highest BCUT2D eigenvalue weighted by Gasteiger charge is 2.12. The largest absolute Gasteiger partial charge is 0.493 e. The summed E-state index contributed by atoms with van der Waals surface area (Å²) in [5, 5.41) is 3.97. The first-order valence-electron chi connectivity index (χ1n) is 7.55. The Balaban J connectivity index is 0.00000338. The molecule has 0 saturated carbocycles. The summed E-state index contributed by atoms with van der Waals surface area (Å²) < 4.78 is 15.8. The maximum atomic E-state index is 12.1. The molecule has 0 unspecified atom stereocenters. The highest BCUT2D eigenvalue weighted by molar-refractivity contribution is 5.95. The lowest BCUT2D eigenvalue weighted by Gasteiger charge is -2.12. The monoisotopic (exact) mass is 379 g/mol. The van der Waals surface area contributed by atoms with Crippen molar-refractivity contribution < 1.29 is 19.0 Å². The Morgan fingerprint density at radius 3 is 2.12 bits per heavy atom. The number of methoxy groups -OCH3 is 3. The van der Waals surface area contributed by atoms with Gasteiger partial charge in [0, 0.05) is 17.7 Å². The molecular formula is C18H22ClN3O4. The average Bonchev–Trinajstić information content (AvgIpc) is 2.66. The maximum Gasteiger partial charge on any atom is 0.271 e. The van der Waals surface area contributed by atoms with Crippen molar-refractivity contribution >= 4 is 24.5 Å². The Labute approximate surface area is 158 Å². The number of halogens is 1. The fourth-order valence-corrected chi connectivity index (χ4v) is 2.20. The minimum absolute atomic E-state index is 0. The van der Waals surface area contributed by atoms with E-state index >= 15 is 0 Å². The third-order valence-electron chi connectivity index (χ3n) is 3.52. The molecule has 26 heavy (non-hydrogen) atoms. The molecule has 0 spiro atoms. The number of carbonyl (C=O) groups is 1. The van der Waals surface area contributed by atoms with Gasteiger partial charge in [-0.3, -0.25) is 4.79 Å². The van der Waals surface area contributed by atoms with Gasteiger partial charge in [-0.15, -0.1) is 12.4 Å². The number of hydrogen-bond acceptors (Lipinski definition) is 6. The molecule has 7 nitrogen and oxygen atoms in total. The average molecular weight is 380 g/mol. The van der Waals surface area contributed by atoms with Crippen LogP contribution in [-0.2, 0) is 6.54 Å². The van der Waals surface area contributed by atoms with Crippen molar-refractivity contribution in [2.24, 2.45) is 10.8 Å². The van der Waals surface area contributed by atoms with Crippen molar-refractivity contribution in [1.29, 1.82) is 0 Å². The first kappa shape index (κ1) is 21.3. The summed E-state index contributed by atoms with van der Waals surface area (Å²) in [5.74, 6) is 1.19. The number of amides is 1. The highest BCUT2D eigenvalue weighted by Crippen LogP contribution is 2.37. The molecule has 2 aromatic rings.